The number of esters is 1. The summed E-state index contributed by atoms with van der Waals surface area (Å²) in [6.07, 6.45) is 1.69. The molecule has 0 radical (unpaired) electrons. The third kappa shape index (κ3) is 5.25. The average Bonchev–Trinajstić information content (AvgIpc) is 2.39. The largest absolute Gasteiger partial charge is 0.466 e. The van der Waals surface area contributed by atoms with Gasteiger partial charge in [-0.15, -0.1) is 0 Å². The summed E-state index contributed by atoms with van der Waals surface area (Å²) in [5, 5.41) is 4.54. The summed E-state index contributed by atoms with van der Waals surface area (Å²) in [7, 11) is 1.45. The number of carbonyl (C=O) groups is 3. The summed E-state index contributed by atoms with van der Waals surface area (Å²) in [4.78, 5) is 35.2. The second-order valence-corrected chi connectivity index (χ2v) is 4.60. The quantitative estimate of drug-likeness (QED) is 0.532. The van der Waals surface area contributed by atoms with Gasteiger partial charge in [-0.25, -0.2) is 4.79 Å². The van der Waals surface area contributed by atoms with Crippen molar-refractivity contribution in [3.63, 3.8) is 0 Å². The molecule has 1 rings (SSSR count). The third-order valence-corrected chi connectivity index (χ3v) is 3.13. The van der Waals surface area contributed by atoms with Gasteiger partial charge in [0.15, 0.2) is 6.54 Å². The monoisotopic (exact) mass is 272 g/mol. The first kappa shape index (κ1) is 15.4. The SMILES string of the molecule is CCOC(=O)[C@@H]1CCC[NH+](CC(=O)NC(=O)NC)C1. The summed E-state index contributed by atoms with van der Waals surface area (Å²) < 4.78 is 5.00. The van der Waals surface area contributed by atoms with Crippen molar-refractivity contribution in [2.24, 2.45) is 5.92 Å². The molecule has 0 bridgehead atoms. The molecule has 3 N–H and O–H groups in total. The van der Waals surface area contributed by atoms with E-state index in [-0.39, 0.29) is 24.3 Å². The molecular formula is C12H22N3O4+. The van der Waals surface area contributed by atoms with Crippen LogP contribution in [0.2, 0.25) is 0 Å². The lowest BCUT2D eigenvalue weighted by Gasteiger charge is -2.28. The van der Waals surface area contributed by atoms with Gasteiger partial charge in [-0.2, -0.15) is 0 Å². The summed E-state index contributed by atoms with van der Waals surface area (Å²) in [6, 6.07) is -0.511. The summed E-state index contributed by atoms with van der Waals surface area (Å²) in [6.45, 7) is 3.77. The molecule has 108 valence electrons. The van der Waals surface area contributed by atoms with E-state index in [2.05, 4.69) is 10.6 Å². The van der Waals surface area contributed by atoms with E-state index >= 15 is 0 Å². The molecule has 0 saturated carbocycles. The number of likely N-dealkylation sites (tertiary alicyclic amines) is 1. The van der Waals surface area contributed by atoms with Gasteiger partial charge in [0.05, 0.1) is 19.7 Å². The number of ether oxygens (including phenoxy) is 1. The van der Waals surface area contributed by atoms with E-state index in [1.165, 1.54) is 7.05 Å². The Balaban J connectivity index is 2.40. The third-order valence-electron chi connectivity index (χ3n) is 3.13. The Morgan fingerprint density at radius 3 is 2.74 bits per heavy atom. The highest BCUT2D eigenvalue weighted by Crippen LogP contribution is 2.09. The van der Waals surface area contributed by atoms with E-state index in [4.69, 9.17) is 4.74 Å². The molecular weight excluding hydrogens is 250 g/mol. The summed E-state index contributed by atoms with van der Waals surface area (Å²) in [5.74, 6) is -0.665. The molecule has 7 nitrogen and oxygen atoms in total. The number of quaternary nitrogens is 1. The van der Waals surface area contributed by atoms with Crippen molar-refractivity contribution in [1.82, 2.24) is 10.6 Å². The second-order valence-electron chi connectivity index (χ2n) is 4.60. The van der Waals surface area contributed by atoms with Crippen LogP contribution in [0.1, 0.15) is 19.8 Å². The topological polar surface area (TPSA) is 88.9 Å². The van der Waals surface area contributed by atoms with Crippen molar-refractivity contribution < 1.29 is 24.0 Å². The van der Waals surface area contributed by atoms with Gasteiger partial charge in [0.25, 0.3) is 5.91 Å². The number of amides is 3. The number of hydrogen-bond donors (Lipinski definition) is 3. The van der Waals surface area contributed by atoms with Crippen LogP contribution in [0.15, 0.2) is 0 Å². The maximum absolute atomic E-state index is 11.7. The highest BCUT2D eigenvalue weighted by Gasteiger charge is 2.30. The van der Waals surface area contributed by atoms with Gasteiger partial charge in [0, 0.05) is 7.05 Å². The van der Waals surface area contributed by atoms with Crippen LogP contribution in [0.3, 0.4) is 0 Å². The fourth-order valence-electron chi connectivity index (χ4n) is 2.23. The summed E-state index contributed by atoms with van der Waals surface area (Å²) in [5.41, 5.74) is 0. The Morgan fingerprint density at radius 1 is 1.37 bits per heavy atom. The first-order valence-corrected chi connectivity index (χ1v) is 6.58. The second kappa shape index (κ2) is 7.73. The van der Waals surface area contributed by atoms with E-state index in [1.807, 2.05) is 0 Å². The highest BCUT2D eigenvalue weighted by molar-refractivity contribution is 5.94. The molecule has 1 heterocycles. The molecule has 0 aromatic rings. The van der Waals surface area contributed by atoms with Gasteiger partial charge in [-0.3, -0.25) is 14.9 Å². The number of carbonyl (C=O) groups excluding carboxylic acids is 3. The zero-order valence-corrected chi connectivity index (χ0v) is 11.5. The highest BCUT2D eigenvalue weighted by atomic mass is 16.5. The van der Waals surface area contributed by atoms with Crippen molar-refractivity contribution in [2.75, 3.05) is 33.3 Å². The van der Waals surface area contributed by atoms with Crippen LogP contribution in [0.25, 0.3) is 0 Å². The van der Waals surface area contributed by atoms with Crippen molar-refractivity contribution in [1.29, 1.82) is 0 Å². The van der Waals surface area contributed by atoms with Crippen molar-refractivity contribution in [3.05, 3.63) is 0 Å². The minimum Gasteiger partial charge on any atom is -0.466 e. The lowest BCUT2D eigenvalue weighted by Crippen LogP contribution is -3.14. The molecule has 0 aromatic carbocycles. The van der Waals surface area contributed by atoms with E-state index in [0.29, 0.717) is 13.2 Å². The molecule has 0 aromatic heterocycles. The molecule has 1 aliphatic heterocycles. The van der Waals surface area contributed by atoms with Gasteiger partial charge in [-0.05, 0) is 19.8 Å². The zero-order valence-electron chi connectivity index (χ0n) is 11.5. The lowest BCUT2D eigenvalue weighted by molar-refractivity contribution is -0.899. The van der Waals surface area contributed by atoms with Crippen LogP contribution in [-0.2, 0) is 14.3 Å². The van der Waals surface area contributed by atoms with Crippen LogP contribution in [0.5, 0.6) is 0 Å². The maximum Gasteiger partial charge on any atom is 0.321 e. The average molecular weight is 272 g/mol. The molecule has 1 aliphatic rings. The predicted molar refractivity (Wildman–Crippen MR) is 67.5 cm³/mol. The normalized spacial score (nSPS) is 22.4. The Bertz CT molecular complexity index is 346. The molecule has 3 amide bonds. The van der Waals surface area contributed by atoms with Crippen molar-refractivity contribution in [3.8, 4) is 0 Å². The number of rotatable bonds is 4. The van der Waals surface area contributed by atoms with Crippen LogP contribution < -0.4 is 15.5 Å². The molecule has 1 saturated heterocycles. The van der Waals surface area contributed by atoms with E-state index in [1.54, 1.807) is 6.92 Å². The molecule has 0 aliphatic carbocycles. The Morgan fingerprint density at radius 2 is 2.11 bits per heavy atom. The number of piperidine rings is 1. The minimum absolute atomic E-state index is 0.142. The van der Waals surface area contributed by atoms with Gasteiger partial charge in [0.2, 0.25) is 0 Å². The minimum atomic E-state index is -0.511. The fraction of sp³-hybridized carbons (Fsp3) is 0.750. The van der Waals surface area contributed by atoms with Gasteiger partial charge < -0.3 is 15.0 Å². The van der Waals surface area contributed by atoms with Crippen LogP contribution >= 0.6 is 0 Å². The molecule has 7 heteroatoms. The van der Waals surface area contributed by atoms with Crippen molar-refractivity contribution in [2.45, 2.75) is 19.8 Å². The smallest absolute Gasteiger partial charge is 0.321 e. The predicted octanol–water partition coefficient (Wildman–Crippen LogP) is -1.70. The standard InChI is InChI=1S/C12H21N3O4/c1-3-19-11(17)9-5-4-6-15(7-9)8-10(16)14-12(18)13-2/h9H,3-8H2,1-2H3,(H2,13,14,16,18)/p+1/t9-/m1/s1. The molecule has 2 atom stereocenters. The fourth-order valence-corrected chi connectivity index (χ4v) is 2.23. The molecule has 19 heavy (non-hydrogen) atoms. The molecule has 1 fully saturated rings. The lowest BCUT2D eigenvalue weighted by atomic mass is 9.98. The first-order valence-electron chi connectivity index (χ1n) is 6.58. The Kier molecular flexibility index (Phi) is 6.27. The van der Waals surface area contributed by atoms with E-state index in [0.717, 1.165) is 24.3 Å². The van der Waals surface area contributed by atoms with Crippen molar-refractivity contribution >= 4 is 17.9 Å². The van der Waals surface area contributed by atoms with Gasteiger partial charge in [-0.1, -0.05) is 0 Å². The summed E-state index contributed by atoms with van der Waals surface area (Å²) >= 11 is 0. The number of imide groups is 1. The zero-order chi connectivity index (χ0) is 14.3. The van der Waals surface area contributed by atoms with Crippen LogP contribution in [0, 0.1) is 5.92 Å². The Labute approximate surface area is 112 Å². The van der Waals surface area contributed by atoms with E-state index in [9.17, 15) is 14.4 Å². The number of urea groups is 1. The number of nitrogens with one attached hydrogen (secondary N) is 3. The molecule has 1 unspecified atom stereocenters. The van der Waals surface area contributed by atoms with Crippen LogP contribution in [0.4, 0.5) is 4.79 Å². The molecule has 0 spiro atoms. The number of hydrogen-bond acceptors (Lipinski definition) is 4. The first-order chi connectivity index (χ1) is 9.06. The Hall–Kier alpha value is -1.63. The van der Waals surface area contributed by atoms with Crippen LogP contribution in [-0.4, -0.2) is 51.2 Å². The maximum atomic E-state index is 11.7. The van der Waals surface area contributed by atoms with Gasteiger partial charge in [0.1, 0.15) is 5.92 Å². The van der Waals surface area contributed by atoms with E-state index < -0.39 is 6.03 Å². The van der Waals surface area contributed by atoms with Gasteiger partial charge >= 0.3 is 12.0 Å².